The lowest BCUT2D eigenvalue weighted by Gasteiger charge is -2.29. The van der Waals surface area contributed by atoms with Crippen LogP contribution in [0.4, 0.5) is 0 Å². The Hall–Kier alpha value is -5.38. The number of aliphatic carboxylic acids is 1. The second kappa shape index (κ2) is 24.5. The molecule has 26 heteroatoms. The Balaban J connectivity index is 1.68. The summed E-state index contributed by atoms with van der Waals surface area (Å²) >= 11 is 0. The van der Waals surface area contributed by atoms with Gasteiger partial charge >= 0.3 is 5.97 Å². The summed E-state index contributed by atoms with van der Waals surface area (Å²) in [4.78, 5) is 132. The van der Waals surface area contributed by atoms with Gasteiger partial charge in [0.2, 0.25) is 47.3 Å². The van der Waals surface area contributed by atoms with E-state index in [1.165, 1.54) is 6.92 Å². The largest absolute Gasteiger partial charge is 0.481 e. The number of hydrogen-bond donors (Lipinski definition) is 13. The van der Waals surface area contributed by atoms with E-state index < -0.39 is 147 Å². The number of aliphatic hydroxyl groups is 3. The molecule has 26 nitrogen and oxygen atoms in total. The van der Waals surface area contributed by atoms with Crippen molar-refractivity contribution in [3.63, 3.8) is 0 Å². The average molecular weight is 899 g/mol. The maximum atomic E-state index is 13.8. The summed E-state index contributed by atoms with van der Waals surface area (Å²) in [5.41, 5.74) is 11.1. The molecule has 3 aliphatic rings. The lowest BCUT2D eigenvalue weighted by atomic mass is 10.1. The van der Waals surface area contributed by atoms with Crippen LogP contribution in [-0.4, -0.2) is 208 Å². The molecule has 3 saturated heterocycles. The zero-order chi connectivity index (χ0) is 47.1. The molecule has 8 amide bonds. The molecule has 0 aliphatic carbocycles. The predicted octanol–water partition coefficient (Wildman–Crippen LogP) is -8.18. The van der Waals surface area contributed by atoms with E-state index in [0.29, 0.717) is 0 Å². The highest BCUT2D eigenvalue weighted by Gasteiger charge is 2.43. The molecule has 0 saturated carbocycles. The fourth-order valence-electron chi connectivity index (χ4n) is 7.42. The van der Waals surface area contributed by atoms with Gasteiger partial charge < -0.3 is 78.5 Å². The number of carboxylic acids is 1. The third-order valence-electron chi connectivity index (χ3n) is 10.9. The lowest BCUT2D eigenvalue weighted by Crippen LogP contribution is -2.57. The van der Waals surface area contributed by atoms with Gasteiger partial charge in [0.1, 0.15) is 30.5 Å². The Bertz CT molecular complexity index is 1700. The van der Waals surface area contributed by atoms with Gasteiger partial charge in [-0.3, -0.25) is 53.3 Å². The molecule has 3 heterocycles. The molecule has 0 aromatic heterocycles. The second-order valence-corrected chi connectivity index (χ2v) is 15.8. The molecule has 63 heavy (non-hydrogen) atoms. The van der Waals surface area contributed by atoms with E-state index >= 15 is 0 Å². The molecule has 9 atom stereocenters. The highest BCUT2D eigenvalue weighted by Crippen LogP contribution is 2.22. The molecule has 0 aromatic rings. The maximum Gasteiger partial charge on any atom is 0.303 e. The van der Waals surface area contributed by atoms with Crippen LogP contribution in [0, 0.1) is 0 Å². The normalized spacial score (nSPS) is 23.4. The van der Waals surface area contributed by atoms with Crippen LogP contribution >= 0.6 is 0 Å². The van der Waals surface area contributed by atoms with Gasteiger partial charge in [0.25, 0.3) is 0 Å². The zero-order valence-electron chi connectivity index (χ0n) is 35.5. The van der Waals surface area contributed by atoms with E-state index in [1.54, 1.807) is 14.0 Å². The Morgan fingerprint density at radius 1 is 0.667 bits per heavy atom. The molecule has 354 valence electrons. The Kier molecular flexibility index (Phi) is 20.2. The Labute approximate surface area is 362 Å². The molecule has 0 bridgehead atoms. The zero-order valence-corrected chi connectivity index (χ0v) is 35.5. The highest BCUT2D eigenvalue weighted by atomic mass is 16.4. The number of ketones is 1. The van der Waals surface area contributed by atoms with Crippen LogP contribution in [0.25, 0.3) is 0 Å². The van der Waals surface area contributed by atoms with Crippen LogP contribution in [0.2, 0.25) is 0 Å². The summed E-state index contributed by atoms with van der Waals surface area (Å²) in [5.74, 6) is -7.95. The van der Waals surface area contributed by atoms with E-state index in [9.17, 15) is 68.4 Å². The summed E-state index contributed by atoms with van der Waals surface area (Å²) in [6.07, 6.45) is -5.43. The molecule has 3 aliphatic heterocycles. The van der Waals surface area contributed by atoms with E-state index in [1.807, 2.05) is 0 Å². The van der Waals surface area contributed by atoms with Gasteiger partial charge in [-0.2, -0.15) is 0 Å². The van der Waals surface area contributed by atoms with E-state index in [-0.39, 0.29) is 64.1 Å². The quantitative estimate of drug-likeness (QED) is 0.0334. The fourth-order valence-corrected chi connectivity index (χ4v) is 7.42. The van der Waals surface area contributed by atoms with Gasteiger partial charge in [-0.1, -0.05) is 0 Å². The van der Waals surface area contributed by atoms with Gasteiger partial charge in [-0.15, -0.1) is 0 Å². The molecule has 3 rings (SSSR count). The minimum absolute atomic E-state index is 0.0362. The number of likely N-dealkylation sites (N-methyl/N-ethyl adjacent to an activating group) is 1. The van der Waals surface area contributed by atoms with Gasteiger partial charge in [-0.25, -0.2) is 0 Å². The predicted molar refractivity (Wildman–Crippen MR) is 217 cm³/mol. The number of carboxylic acid groups (broad SMARTS) is 1. The molecule has 0 spiro atoms. The monoisotopic (exact) mass is 898 g/mol. The van der Waals surface area contributed by atoms with Crippen LogP contribution in [0.15, 0.2) is 0 Å². The standard InChI is InChI=1S/C37H62N12O14/c1-18(40-3)32(59)43-13-30(56)48-16-21(52)11-27(48)35(62)46-23(5-4-8-41-37(38)39)33(60)42-12-28(54)45-24(6-7-31(57)58)36(63)49-17-22(53)10-26(49)34(61)44-14-29(55)47-15-20(51)9-25(47)19(2)50/h18,20-27,37,40-41,51-53H,4-17,38-39H2,1-3H3,(H,42,60)(H,43,59)(H,44,61)(H,45,54)(H,46,62)(H,57,58). The first-order valence-electron chi connectivity index (χ1n) is 20.6. The Morgan fingerprint density at radius 3 is 1.75 bits per heavy atom. The smallest absolute Gasteiger partial charge is 0.303 e. The van der Waals surface area contributed by atoms with E-state index in [2.05, 4.69) is 37.2 Å². The van der Waals surface area contributed by atoms with Crippen molar-refractivity contribution < 1.29 is 68.4 Å². The van der Waals surface area contributed by atoms with Crippen molar-refractivity contribution in [3.8, 4) is 0 Å². The molecule has 3 fully saturated rings. The first kappa shape index (κ1) is 52.0. The molecular weight excluding hydrogens is 836 g/mol. The minimum atomic E-state index is -1.57. The third-order valence-corrected chi connectivity index (χ3v) is 10.9. The summed E-state index contributed by atoms with van der Waals surface area (Å²) in [6.45, 7) is 0.448. The van der Waals surface area contributed by atoms with Crippen LogP contribution in [0.5, 0.6) is 0 Å². The van der Waals surface area contributed by atoms with Gasteiger partial charge in [0.15, 0.2) is 5.78 Å². The lowest BCUT2D eigenvalue weighted by molar-refractivity contribution is -0.143. The molecule has 15 N–H and O–H groups in total. The number of hydrogen-bond acceptors (Lipinski definition) is 17. The number of nitrogens with two attached hydrogens (primary N) is 2. The number of Topliss-reactive ketones (excluding diaryl/α,β-unsaturated/α-hetero) is 1. The number of aliphatic hydroxyl groups excluding tert-OH is 3. The number of β-amino-alcohol motifs (C(OH)–C–C–N with tert-alkyl or cyclic N) is 3. The number of nitrogens with zero attached hydrogens (tertiary/aromatic N) is 3. The molecule has 9 unspecified atom stereocenters. The van der Waals surface area contributed by atoms with Crippen molar-refractivity contribution in [1.29, 1.82) is 0 Å². The van der Waals surface area contributed by atoms with Crippen LogP contribution < -0.4 is 48.7 Å². The third kappa shape index (κ3) is 15.7. The van der Waals surface area contributed by atoms with Gasteiger partial charge in [0.05, 0.1) is 50.0 Å². The topological polar surface area (TPSA) is 398 Å². The second-order valence-electron chi connectivity index (χ2n) is 15.8. The van der Waals surface area contributed by atoms with Crippen molar-refractivity contribution in [2.75, 3.05) is 52.9 Å². The molecular formula is C37H62N12O14. The number of carbonyl (C=O) groups is 10. The van der Waals surface area contributed by atoms with Crippen molar-refractivity contribution in [2.24, 2.45) is 11.5 Å². The van der Waals surface area contributed by atoms with Crippen LogP contribution in [0.3, 0.4) is 0 Å². The SMILES string of the molecule is CNC(C)C(=O)NCC(=O)N1CC(O)CC1C(=O)NC(CCCNC(N)N)C(=O)NCC(=O)NC(CCC(=O)O)C(=O)N1CC(O)CC1C(=O)NCC(=O)N1CC(O)CC1C(C)=O. The van der Waals surface area contributed by atoms with Gasteiger partial charge in [-0.05, 0) is 46.7 Å². The maximum absolute atomic E-state index is 13.8. The van der Waals surface area contributed by atoms with Crippen molar-refractivity contribution in [1.82, 2.24) is 51.9 Å². The number of nitrogens with one attached hydrogen (secondary N) is 7. The molecule has 0 radical (unpaired) electrons. The van der Waals surface area contributed by atoms with Gasteiger partial charge in [0, 0.05) is 45.3 Å². The van der Waals surface area contributed by atoms with E-state index in [4.69, 9.17) is 11.5 Å². The first-order chi connectivity index (χ1) is 29.6. The summed E-state index contributed by atoms with van der Waals surface area (Å²) < 4.78 is 0. The number of likely N-dealkylation sites (tertiary alicyclic amines) is 3. The van der Waals surface area contributed by atoms with Crippen molar-refractivity contribution in [2.45, 2.75) is 120 Å². The first-order valence-corrected chi connectivity index (χ1v) is 20.6. The average Bonchev–Trinajstić information content (AvgIpc) is 3.95. The number of amides is 8. The fraction of sp³-hybridized carbons (Fsp3) is 0.730. The Morgan fingerprint density at radius 2 is 1.19 bits per heavy atom. The number of carbonyl (C=O) groups excluding carboxylic acids is 9. The van der Waals surface area contributed by atoms with Crippen molar-refractivity contribution >= 4 is 59.0 Å². The van der Waals surface area contributed by atoms with Crippen LogP contribution in [0.1, 0.15) is 58.8 Å². The summed E-state index contributed by atoms with van der Waals surface area (Å²) in [7, 11) is 1.55. The van der Waals surface area contributed by atoms with E-state index in [0.717, 1.165) is 14.7 Å². The summed E-state index contributed by atoms with van der Waals surface area (Å²) in [6, 6.07) is -6.96. The highest BCUT2D eigenvalue weighted by molar-refractivity contribution is 5.97. The number of rotatable bonds is 23. The molecule has 0 aromatic carbocycles. The van der Waals surface area contributed by atoms with Crippen LogP contribution in [-0.2, 0) is 47.9 Å². The summed E-state index contributed by atoms with van der Waals surface area (Å²) in [5, 5.41) is 57.7. The minimum Gasteiger partial charge on any atom is -0.481 e. The van der Waals surface area contributed by atoms with Crippen molar-refractivity contribution in [3.05, 3.63) is 0 Å².